The summed E-state index contributed by atoms with van der Waals surface area (Å²) in [7, 11) is 0. The van der Waals surface area contributed by atoms with Gasteiger partial charge >= 0.3 is 5.97 Å². The summed E-state index contributed by atoms with van der Waals surface area (Å²) >= 11 is 0. The van der Waals surface area contributed by atoms with Gasteiger partial charge in [-0.05, 0) is 36.4 Å². The third kappa shape index (κ3) is 5.18. The highest BCUT2D eigenvalue weighted by atomic mass is 19.1. The fourth-order valence-electron chi connectivity index (χ4n) is 2.85. The summed E-state index contributed by atoms with van der Waals surface area (Å²) in [6.45, 7) is 1.06. The zero-order chi connectivity index (χ0) is 19.9. The van der Waals surface area contributed by atoms with Crippen LogP contribution >= 0.6 is 0 Å². The lowest BCUT2D eigenvalue weighted by Gasteiger charge is -2.36. The molecule has 1 fully saturated rings. The van der Waals surface area contributed by atoms with Crippen LogP contribution in [0.1, 0.15) is 0 Å². The van der Waals surface area contributed by atoms with Gasteiger partial charge in [-0.15, -0.1) is 0 Å². The number of rotatable bonds is 6. The minimum Gasteiger partial charge on any atom is -0.482 e. The van der Waals surface area contributed by atoms with Crippen LogP contribution in [0.4, 0.5) is 14.5 Å². The van der Waals surface area contributed by atoms with E-state index in [1.807, 2.05) is 4.90 Å². The Kier molecular flexibility index (Phi) is 6.41. The number of anilines is 1. The van der Waals surface area contributed by atoms with E-state index in [-0.39, 0.29) is 24.9 Å². The standard InChI is InChI=1S/C20H20F2N2O4/c21-15-5-7-16(8-6-15)27-14-20(26)28-13-19(25)24-11-9-23(10-12-24)18-4-2-1-3-17(18)22/h1-8H,9-14H2. The van der Waals surface area contributed by atoms with Crippen LogP contribution in [0.3, 0.4) is 0 Å². The van der Waals surface area contributed by atoms with Crippen molar-refractivity contribution in [3.8, 4) is 5.75 Å². The van der Waals surface area contributed by atoms with Gasteiger partial charge in [-0.2, -0.15) is 0 Å². The van der Waals surface area contributed by atoms with Gasteiger partial charge in [-0.25, -0.2) is 13.6 Å². The number of amides is 1. The summed E-state index contributed by atoms with van der Waals surface area (Å²) in [4.78, 5) is 27.4. The third-order valence-electron chi connectivity index (χ3n) is 4.35. The van der Waals surface area contributed by atoms with E-state index < -0.39 is 11.8 Å². The molecule has 1 amide bonds. The summed E-state index contributed by atoms with van der Waals surface area (Å²) in [5.41, 5.74) is 0.513. The highest BCUT2D eigenvalue weighted by Gasteiger charge is 2.23. The summed E-state index contributed by atoms with van der Waals surface area (Å²) in [6, 6.07) is 11.7. The molecule has 0 N–H and O–H groups in total. The van der Waals surface area contributed by atoms with E-state index in [1.165, 1.54) is 30.3 Å². The smallest absolute Gasteiger partial charge is 0.344 e. The minimum absolute atomic E-state index is 0.294. The van der Waals surface area contributed by atoms with Gasteiger partial charge in [0.05, 0.1) is 5.69 Å². The molecule has 148 valence electrons. The Bertz CT molecular complexity index is 821. The Hall–Kier alpha value is -3.16. The first-order chi connectivity index (χ1) is 13.5. The van der Waals surface area contributed by atoms with Crippen LogP contribution in [-0.2, 0) is 14.3 Å². The van der Waals surface area contributed by atoms with Crippen molar-refractivity contribution in [1.82, 2.24) is 4.90 Å². The van der Waals surface area contributed by atoms with Crippen molar-refractivity contribution >= 4 is 17.6 Å². The van der Waals surface area contributed by atoms with E-state index in [1.54, 1.807) is 23.1 Å². The van der Waals surface area contributed by atoms with Crippen LogP contribution in [0, 0.1) is 11.6 Å². The maximum Gasteiger partial charge on any atom is 0.344 e. The largest absolute Gasteiger partial charge is 0.482 e. The molecule has 1 aliphatic heterocycles. The Balaban J connectivity index is 1.39. The van der Waals surface area contributed by atoms with Crippen LogP contribution in [-0.4, -0.2) is 56.2 Å². The molecule has 0 saturated carbocycles. The normalized spacial score (nSPS) is 13.9. The molecule has 0 radical (unpaired) electrons. The zero-order valence-corrected chi connectivity index (χ0v) is 15.1. The van der Waals surface area contributed by atoms with Crippen molar-refractivity contribution in [2.24, 2.45) is 0 Å². The maximum atomic E-state index is 13.8. The van der Waals surface area contributed by atoms with Gasteiger partial charge in [0, 0.05) is 26.2 Å². The number of hydrogen-bond donors (Lipinski definition) is 0. The molecule has 2 aromatic rings. The maximum absolute atomic E-state index is 13.8. The van der Waals surface area contributed by atoms with Crippen molar-refractivity contribution < 1.29 is 27.8 Å². The summed E-state index contributed by atoms with van der Waals surface area (Å²) in [5.74, 6) is -1.38. The van der Waals surface area contributed by atoms with E-state index >= 15 is 0 Å². The Morgan fingerprint density at radius 3 is 2.25 bits per heavy atom. The Morgan fingerprint density at radius 1 is 0.893 bits per heavy atom. The first-order valence-electron chi connectivity index (χ1n) is 8.84. The lowest BCUT2D eigenvalue weighted by atomic mass is 10.2. The number of carbonyl (C=O) groups excluding carboxylic acids is 2. The van der Waals surface area contributed by atoms with Crippen molar-refractivity contribution in [3.05, 3.63) is 60.2 Å². The van der Waals surface area contributed by atoms with E-state index in [2.05, 4.69) is 0 Å². The predicted molar refractivity (Wildman–Crippen MR) is 98.0 cm³/mol. The Labute approximate surface area is 161 Å². The summed E-state index contributed by atoms with van der Waals surface area (Å²) in [6.07, 6.45) is 0. The summed E-state index contributed by atoms with van der Waals surface area (Å²) in [5, 5.41) is 0. The first kappa shape index (κ1) is 19.6. The van der Waals surface area contributed by atoms with Crippen LogP contribution < -0.4 is 9.64 Å². The zero-order valence-electron chi connectivity index (χ0n) is 15.1. The lowest BCUT2D eigenvalue weighted by molar-refractivity contribution is -0.153. The fraction of sp³-hybridized carbons (Fsp3) is 0.300. The molecule has 0 spiro atoms. The second-order valence-electron chi connectivity index (χ2n) is 6.22. The molecular weight excluding hydrogens is 370 g/mol. The lowest BCUT2D eigenvalue weighted by Crippen LogP contribution is -2.50. The molecule has 28 heavy (non-hydrogen) atoms. The molecule has 2 aromatic carbocycles. The number of ether oxygens (including phenoxy) is 2. The second kappa shape index (κ2) is 9.16. The number of hydrogen-bond acceptors (Lipinski definition) is 5. The number of piperazine rings is 1. The molecule has 1 heterocycles. The van der Waals surface area contributed by atoms with E-state index in [4.69, 9.17) is 9.47 Å². The van der Waals surface area contributed by atoms with Gasteiger partial charge in [0.2, 0.25) is 0 Å². The molecule has 3 rings (SSSR count). The molecule has 0 aromatic heterocycles. The SMILES string of the molecule is O=C(COc1ccc(F)cc1)OCC(=O)N1CCN(c2ccccc2F)CC1. The van der Waals surface area contributed by atoms with E-state index in [0.717, 1.165) is 0 Å². The molecule has 1 saturated heterocycles. The molecular formula is C20H20F2N2O4. The second-order valence-corrected chi connectivity index (χ2v) is 6.22. The van der Waals surface area contributed by atoms with Crippen molar-refractivity contribution in [2.45, 2.75) is 0 Å². The average Bonchev–Trinajstić information content (AvgIpc) is 2.72. The molecule has 6 nitrogen and oxygen atoms in total. The third-order valence-corrected chi connectivity index (χ3v) is 4.35. The molecule has 0 bridgehead atoms. The van der Waals surface area contributed by atoms with Crippen LogP contribution in [0.2, 0.25) is 0 Å². The van der Waals surface area contributed by atoms with Crippen molar-refractivity contribution in [3.63, 3.8) is 0 Å². The number of halogens is 2. The highest BCUT2D eigenvalue weighted by Crippen LogP contribution is 2.20. The average molecular weight is 390 g/mol. The van der Waals surface area contributed by atoms with Gasteiger partial charge < -0.3 is 19.3 Å². The van der Waals surface area contributed by atoms with Gasteiger partial charge in [0.15, 0.2) is 13.2 Å². The first-order valence-corrected chi connectivity index (χ1v) is 8.84. The number of carbonyl (C=O) groups is 2. The highest BCUT2D eigenvalue weighted by molar-refractivity contribution is 5.81. The molecule has 0 unspecified atom stereocenters. The van der Waals surface area contributed by atoms with E-state index in [0.29, 0.717) is 37.6 Å². The molecule has 8 heteroatoms. The van der Waals surface area contributed by atoms with Gasteiger partial charge in [0.1, 0.15) is 17.4 Å². The summed E-state index contributed by atoms with van der Waals surface area (Å²) < 4.78 is 36.7. The Morgan fingerprint density at radius 2 is 1.57 bits per heavy atom. The van der Waals surface area contributed by atoms with E-state index in [9.17, 15) is 18.4 Å². The van der Waals surface area contributed by atoms with Gasteiger partial charge in [-0.1, -0.05) is 12.1 Å². The predicted octanol–water partition coefficient (Wildman–Crippen LogP) is 2.24. The topological polar surface area (TPSA) is 59.1 Å². The number of esters is 1. The quantitative estimate of drug-likeness (QED) is 0.708. The monoisotopic (exact) mass is 390 g/mol. The molecule has 0 aliphatic carbocycles. The van der Waals surface area contributed by atoms with Gasteiger partial charge in [-0.3, -0.25) is 4.79 Å². The van der Waals surface area contributed by atoms with Crippen LogP contribution in [0.15, 0.2) is 48.5 Å². The number of para-hydroxylation sites is 1. The minimum atomic E-state index is -0.692. The fourth-order valence-corrected chi connectivity index (χ4v) is 2.85. The van der Waals surface area contributed by atoms with Crippen LogP contribution in [0.25, 0.3) is 0 Å². The van der Waals surface area contributed by atoms with Crippen molar-refractivity contribution in [1.29, 1.82) is 0 Å². The molecule has 0 atom stereocenters. The van der Waals surface area contributed by atoms with Crippen molar-refractivity contribution in [2.75, 3.05) is 44.3 Å². The molecule has 1 aliphatic rings. The van der Waals surface area contributed by atoms with Gasteiger partial charge in [0.25, 0.3) is 5.91 Å². The van der Waals surface area contributed by atoms with Crippen LogP contribution in [0.5, 0.6) is 5.75 Å². The number of nitrogens with zero attached hydrogens (tertiary/aromatic N) is 2. The number of benzene rings is 2.